The minimum Gasteiger partial charge on any atom is -0.433 e. The molecule has 0 aliphatic heterocycles. The van der Waals surface area contributed by atoms with E-state index in [2.05, 4.69) is 4.74 Å². The zero-order valence-electron chi connectivity index (χ0n) is 9.90. The second-order valence-corrected chi connectivity index (χ2v) is 5.45. The highest BCUT2D eigenvalue weighted by atomic mass is 32.2. The van der Waals surface area contributed by atoms with Crippen LogP contribution in [0.4, 0.5) is 8.78 Å². The summed E-state index contributed by atoms with van der Waals surface area (Å²) in [6, 6.07) is 8.07. The van der Waals surface area contributed by atoms with Crippen molar-refractivity contribution in [3.8, 4) is 11.8 Å². The minimum atomic E-state index is -4.03. The maximum absolute atomic E-state index is 12.3. The van der Waals surface area contributed by atoms with Gasteiger partial charge in [0.05, 0.1) is 0 Å². The molecule has 1 aromatic carbocycles. The molecule has 0 radical (unpaired) electrons. The quantitative estimate of drug-likeness (QED) is 0.867. The highest BCUT2D eigenvalue weighted by Crippen LogP contribution is 2.27. The summed E-state index contributed by atoms with van der Waals surface area (Å²) in [6.45, 7) is -3.15. The molecule has 2 rings (SSSR count). The number of alkyl halides is 2. The Morgan fingerprint density at radius 1 is 1.20 bits per heavy atom. The number of hydrogen-bond donors (Lipinski definition) is 0. The molecule has 5 nitrogen and oxygen atoms in total. The Balaban J connectivity index is 2.62. The lowest BCUT2D eigenvalue weighted by Crippen LogP contribution is -2.14. The molecule has 1 heterocycles. The number of nitriles is 1. The fourth-order valence-electron chi connectivity index (χ4n) is 1.62. The molecule has 0 aliphatic carbocycles. The molecule has 0 fully saturated rings. The van der Waals surface area contributed by atoms with E-state index in [1.165, 1.54) is 30.6 Å². The van der Waals surface area contributed by atoms with Crippen molar-refractivity contribution in [1.29, 1.82) is 5.26 Å². The van der Waals surface area contributed by atoms with E-state index in [1.807, 2.05) is 0 Å². The van der Waals surface area contributed by atoms with E-state index in [9.17, 15) is 17.2 Å². The third-order valence-corrected chi connectivity index (χ3v) is 4.14. The van der Waals surface area contributed by atoms with Crippen molar-refractivity contribution in [3.05, 3.63) is 48.3 Å². The van der Waals surface area contributed by atoms with Crippen LogP contribution < -0.4 is 4.74 Å². The molecule has 0 aliphatic rings. The van der Waals surface area contributed by atoms with Gasteiger partial charge >= 0.3 is 6.61 Å². The third-order valence-electron chi connectivity index (χ3n) is 2.45. The van der Waals surface area contributed by atoms with Crippen LogP contribution in [0.2, 0.25) is 0 Å². The van der Waals surface area contributed by atoms with Gasteiger partial charge in [-0.15, -0.1) is 0 Å². The monoisotopic (exact) mass is 298 g/mol. The van der Waals surface area contributed by atoms with Crippen LogP contribution in [0.5, 0.6) is 5.75 Å². The van der Waals surface area contributed by atoms with Crippen molar-refractivity contribution in [2.45, 2.75) is 11.5 Å². The highest BCUT2D eigenvalue weighted by Gasteiger charge is 2.23. The number of halogens is 2. The molecule has 0 spiro atoms. The Bertz CT molecular complexity index is 750. The molecular weight excluding hydrogens is 290 g/mol. The van der Waals surface area contributed by atoms with Gasteiger partial charge in [-0.1, -0.05) is 6.07 Å². The average molecular weight is 298 g/mol. The summed E-state index contributed by atoms with van der Waals surface area (Å²) in [5.41, 5.74) is -0.457. The van der Waals surface area contributed by atoms with Crippen molar-refractivity contribution >= 4 is 10.0 Å². The van der Waals surface area contributed by atoms with Crippen molar-refractivity contribution in [1.82, 2.24) is 3.97 Å². The maximum Gasteiger partial charge on any atom is 0.387 e. The first-order valence-corrected chi connectivity index (χ1v) is 6.77. The number of hydrogen-bond acceptors (Lipinski definition) is 4. The lowest BCUT2D eigenvalue weighted by atomic mass is 10.2. The van der Waals surface area contributed by atoms with E-state index in [-0.39, 0.29) is 0 Å². The standard InChI is InChI=1S/C12H8F2N2O3S/c13-12(14)19-10-4-3-5-11(9(10)8-15)20(17,18)16-6-1-2-7-16/h1-7,12H. The van der Waals surface area contributed by atoms with Gasteiger partial charge in [0.2, 0.25) is 0 Å². The Morgan fingerprint density at radius 2 is 1.85 bits per heavy atom. The predicted molar refractivity (Wildman–Crippen MR) is 64.8 cm³/mol. The normalized spacial score (nSPS) is 11.3. The van der Waals surface area contributed by atoms with Crippen LogP contribution in [0, 0.1) is 11.3 Å². The second-order valence-electron chi connectivity index (χ2n) is 3.64. The summed E-state index contributed by atoms with van der Waals surface area (Å²) in [5.74, 6) is -0.476. The maximum atomic E-state index is 12.3. The van der Waals surface area contributed by atoms with Gasteiger partial charge in [-0.3, -0.25) is 0 Å². The average Bonchev–Trinajstić information content (AvgIpc) is 2.92. The van der Waals surface area contributed by atoms with Crippen LogP contribution in [-0.4, -0.2) is 19.0 Å². The zero-order chi connectivity index (χ0) is 14.8. The summed E-state index contributed by atoms with van der Waals surface area (Å²) >= 11 is 0. The Hall–Kier alpha value is -2.40. The van der Waals surface area contributed by atoms with Gasteiger partial charge in [-0.25, -0.2) is 12.4 Å². The van der Waals surface area contributed by atoms with Gasteiger partial charge in [-0.2, -0.15) is 14.0 Å². The van der Waals surface area contributed by atoms with Gasteiger partial charge in [0.25, 0.3) is 10.0 Å². The number of aromatic nitrogens is 1. The fraction of sp³-hybridized carbons (Fsp3) is 0.0833. The van der Waals surface area contributed by atoms with E-state index < -0.39 is 32.8 Å². The van der Waals surface area contributed by atoms with Crippen LogP contribution >= 0.6 is 0 Å². The van der Waals surface area contributed by atoms with Crippen molar-refractivity contribution in [2.24, 2.45) is 0 Å². The van der Waals surface area contributed by atoms with Crippen LogP contribution in [0.1, 0.15) is 5.56 Å². The first kappa shape index (κ1) is 14.0. The largest absolute Gasteiger partial charge is 0.433 e. The van der Waals surface area contributed by atoms with Gasteiger partial charge in [0.1, 0.15) is 22.3 Å². The van der Waals surface area contributed by atoms with E-state index in [0.717, 1.165) is 16.1 Å². The number of ether oxygens (including phenoxy) is 1. The molecule has 20 heavy (non-hydrogen) atoms. The molecule has 0 saturated heterocycles. The summed E-state index contributed by atoms with van der Waals surface area (Å²) in [7, 11) is -4.03. The topological polar surface area (TPSA) is 72.1 Å². The van der Waals surface area contributed by atoms with Crippen LogP contribution in [0.15, 0.2) is 47.6 Å². The molecule has 0 unspecified atom stereocenters. The Kier molecular flexibility index (Phi) is 3.72. The van der Waals surface area contributed by atoms with E-state index in [0.29, 0.717) is 0 Å². The summed E-state index contributed by atoms with van der Waals surface area (Å²) < 4.78 is 54.1. The lowest BCUT2D eigenvalue weighted by Gasteiger charge is -2.11. The Labute approximate surface area is 113 Å². The molecule has 0 N–H and O–H groups in total. The van der Waals surface area contributed by atoms with Crippen molar-refractivity contribution in [3.63, 3.8) is 0 Å². The molecule has 8 heteroatoms. The zero-order valence-corrected chi connectivity index (χ0v) is 10.7. The summed E-state index contributed by atoms with van der Waals surface area (Å²) in [5, 5.41) is 9.02. The van der Waals surface area contributed by atoms with Gasteiger partial charge in [0.15, 0.2) is 0 Å². The minimum absolute atomic E-state index is 0.394. The summed E-state index contributed by atoms with van der Waals surface area (Å²) in [6.07, 6.45) is 2.55. The van der Waals surface area contributed by atoms with Gasteiger partial charge in [0, 0.05) is 12.4 Å². The second kappa shape index (κ2) is 5.30. The highest BCUT2D eigenvalue weighted by molar-refractivity contribution is 7.90. The number of benzene rings is 1. The smallest absolute Gasteiger partial charge is 0.387 e. The van der Waals surface area contributed by atoms with Crippen molar-refractivity contribution in [2.75, 3.05) is 0 Å². The molecule has 0 bridgehead atoms. The van der Waals surface area contributed by atoms with Crippen LogP contribution in [0.3, 0.4) is 0 Å². The van der Waals surface area contributed by atoms with Gasteiger partial charge in [-0.05, 0) is 24.3 Å². The molecule has 0 amide bonds. The molecule has 0 saturated carbocycles. The molecule has 2 aromatic rings. The first-order valence-electron chi connectivity index (χ1n) is 5.33. The SMILES string of the molecule is N#Cc1c(OC(F)F)cccc1S(=O)(=O)n1cccc1. The molecule has 0 atom stereocenters. The van der Waals surface area contributed by atoms with E-state index >= 15 is 0 Å². The van der Waals surface area contributed by atoms with Crippen LogP contribution in [-0.2, 0) is 10.0 Å². The first-order chi connectivity index (χ1) is 9.46. The van der Waals surface area contributed by atoms with Gasteiger partial charge < -0.3 is 4.74 Å². The van der Waals surface area contributed by atoms with E-state index in [4.69, 9.17) is 5.26 Å². The molecular formula is C12H8F2N2O3S. The molecule has 1 aromatic heterocycles. The van der Waals surface area contributed by atoms with Crippen molar-refractivity contribution < 1.29 is 21.9 Å². The fourth-order valence-corrected chi connectivity index (χ4v) is 2.97. The lowest BCUT2D eigenvalue weighted by molar-refractivity contribution is -0.0501. The van der Waals surface area contributed by atoms with Crippen LogP contribution in [0.25, 0.3) is 0 Å². The Morgan fingerprint density at radius 3 is 2.40 bits per heavy atom. The number of rotatable bonds is 4. The predicted octanol–water partition coefficient (Wildman–Crippen LogP) is 2.20. The number of nitrogens with zero attached hydrogens (tertiary/aromatic N) is 2. The molecule has 104 valence electrons. The van der Waals surface area contributed by atoms with E-state index in [1.54, 1.807) is 6.07 Å². The summed E-state index contributed by atoms with van der Waals surface area (Å²) in [4.78, 5) is -0.394. The third kappa shape index (κ3) is 2.48.